The van der Waals surface area contributed by atoms with Crippen LogP contribution in [-0.2, 0) is 13.1 Å². The van der Waals surface area contributed by atoms with Crippen molar-refractivity contribution in [2.45, 2.75) is 20.0 Å². The summed E-state index contributed by atoms with van der Waals surface area (Å²) in [5.41, 5.74) is 3.78. The van der Waals surface area contributed by atoms with Crippen molar-refractivity contribution >= 4 is 11.6 Å². The first kappa shape index (κ1) is 17.6. The zero-order valence-corrected chi connectivity index (χ0v) is 14.5. The smallest absolute Gasteiger partial charge is 0.270 e. The summed E-state index contributed by atoms with van der Waals surface area (Å²) in [5.74, 6) is -0.506. The summed E-state index contributed by atoms with van der Waals surface area (Å²) in [6, 6.07) is 17.9. The summed E-state index contributed by atoms with van der Waals surface area (Å²) in [6.45, 7) is 2.79. The number of amides is 1. The number of carbonyl (C=O) groups is 1. The number of aromatic nitrogens is 1. The number of halogens is 1. The lowest BCUT2D eigenvalue weighted by Crippen LogP contribution is -2.24. The predicted octanol–water partition coefficient (Wildman–Crippen LogP) is 4.07. The standard InChI is InChI=1S/C21H20FN3O/c1-15-6-2-3-7-16(15)13-25-21(26)20-12-18(10-11-23-20)24-14-17-8-4-5-9-19(17)22/h2-12H,13-14H2,1H3,(H,23,24)(H,25,26). The SMILES string of the molecule is Cc1ccccc1CNC(=O)c1cc(NCc2ccccc2F)ccn1. The van der Waals surface area contributed by atoms with Crippen LogP contribution in [0.4, 0.5) is 10.1 Å². The number of carbonyl (C=O) groups excluding carboxylic acids is 1. The second-order valence-electron chi connectivity index (χ2n) is 5.98. The van der Waals surface area contributed by atoms with E-state index in [9.17, 15) is 9.18 Å². The van der Waals surface area contributed by atoms with Crippen LogP contribution in [0.5, 0.6) is 0 Å². The van der Waals surface area contributed by atoms with E-state index in [4.69, 9.17) is 0 Å². The van der Waals surface area contributed by atoms with E-state index in [-0.39, 0.29) is 11.7 Å². The molecule has 0 bridgehead atoms. The molecule has 3 rings (SSSR count). The van der Waals surface area contributed by atoms with Crippen molar-refractivity contribution in [2.75, 3.05) is 5.32 Å². The van der Waals surface area contributed by atoms with Crippen molar-refractivity contribution in [1.29, 1.82) is 0 Å². The van der Waals surface area contributed by atoms with E-state index < -0.39 is 0 Å². The highest BCUT2D eigenvalue weighted by atomic mass is 19.1. The highest BCUT2D eigenvalue weighted by Gasteiger charge is 2.09. The molecule has 0 saturated heterocycles. The van der Waals surface area contributed by atoms with Gasteiger partial charge in [-0.25, -0.2) is 4.39 Å². The van der Waals surface area contributed by atoms with E-state index in [0.29, 0.717) is 30.0 Å². The third kappa shape index (κ3) is 4.45. The summed E-state index contributed by atoms with van der Waals surface area (Å²) < 4.78 is 13.7. The molecule has 2 N–H and O–H groups in total. The van der Waals surface area contributed by atoms with Gasteiger partial charge in [-0.2, -0.15) is 0 Å². The van der Waals surface area contributed by atoms with Gasteiger partial charge >= 0.3 is 0 Å². The summed E-state index contributed by atoms with van der Waals surface area (Å²) in [7, 11) is 0. The van der Waals surface area contributed by atoms with Crippen LogP contribution in [-0.4, -0.2) is 10.9 Å². The van der Waals surface area contributed by atoms with Crippen molar-refractivity contribution in [2.24, 2.45) is 0 Å². The lowest BCUT2D eigenvalue weighted by molar-refractivity contribution is 0.0946. The normalized spacial score (nSPS) is 10.4. The first-order chi connectivity index (χ1) is 12.6. The van der Waals surface area contributed by atoms with Crippen molar-refractivity contribution in [3.63, 3.8) is 0 Å². The minimum atomic E-state index is -0.259. The van der Waals surface area contributed by atoms with Crippen LogP contribution in [0.15, 0.2) is 66.9 Å². The van der Waals surface area contributed by atoms with Crippen LogP contribution in [0.25, 0.3) is 0 Å². The minimum absolute atomic E-state index is 0.247. The molecule has 0 aliphatic carbocycles. The number of nitrogens with one attached hydrogen (secondary N) is 2. The Labute approximate surface area is 152 Å². The van der Waals surface area contributed by atoms with Gasteiger partial charge in [0.25, 0.3) is 5.91 Å². The Morgan fingerprint density at radius 3 is 2.50 bits per heavy atom. The fourth-order valence-electron chi connectivity index (χ4n) is 2.58. The zero-order valence-electron chi connectivity index (χ0n) is 14.5. The van der Waals surface area contributed by atoms with Gasteiger partial charge in [-0.3, -0.25) is 9.78 Å². The molecular formula is C21H20FN3O. The number of hydrogen-bond donors (Lipinski definition) is 2. The van der Waals surface area contributed by atoms with Crippen LogP contribution in [0.1, 0.15) is 27.2 Å². The van der Waals surface area contributed by atoms with Crippen LogP contribution in [0.3, 0.4) is 0 Å². The van der Waals surface area contributed by atoms with E-state index in [2.05, 4.69) is 15.6 Å². The van der Waals surface area contributed by atoms with Gasteiger partial charge in [0.15, 0.2) is 0 Å². The zero-order chi connectivity index (χ0) is 18.4. The van der Waals surface area contributed by atoms with Crippen molar-refractivity contribution in [3.8, 4) is 0 Å². The highest BCUT2D eigenvalue weighted by Crippen LogP contribution is 2.13. The van der Waals surface area contributed by atoms with Gasteiger partial charge in [-0.15, -0.1) is 0 Å². The Morgan fingerprint density at radius 2 is 1.73 bits per heavy atom. The van der Waals surface area contributed by atoms with Crippen molar-refractivity contribution < 1.29 is 9.18 Å². The molecule has 0 unspecified atom stereocenters. The van der Waals surface area contributed by atoms with Gasteiger partial charge < -0.3 is 10.6 Å². The van der Waals surface area contributed by atoms with Crippen LogP contribution in [0, 0.1) is 12.7 Å². The molecule has 1 amide bonds. The minimum Gasteiger partial charge on any atom is -0.381 e. The lowest BCUT2D eigenvalue weighted by atomic mass is 10.1. The van der Waals surface area contributed by atoms with Gasteiger partial charge in [-0.1, -0.05) is 42.5 Å². The number of hydrogen-bond acceptors (Lipinski definition) is 3. The van der Waals surface area contributed by atoms with E-state index in [1.807, 2.05) is 31.2 Å². The van der Waals surface area contributed by atoms with Crippen LogP contribution < -0.4 is 10.6 Å². The lowest BCUT2D eigenvalue weighted by Gasteiger charge is -2.10. The fraction of sp³-hybridized carbons (Fsp3) is 0.143. The summed E-state index contributed by atoms with van der Waals surface area (Å²) in [5, 5.41) is 6.00. The van der Waals surface area contributed by atoms with E-state index in [1.165, 1.54) is 6.07 Å². The fourth-order valence-corrected chi connectivity index (χ4v) is 2.58. The van der Waals surface area contributed by atoms with Gasteiger partial charge in [0.2, 0.25) is 0 Å². The number of aryl methyl sites for hydroxylation is 1. The predicted molar refractivity (Wildman–Crippen MR) is 100 cm³/mol. The van der Waals surface area contributed by atoms with Crippen LogP contribution >= 0.6 is 0 Å². The average Bonchev–Trinajstić information content (AvgIpc) is 2.67. The van der Waals surface area contributed by atoms with Crippen LogP contribution in [0.2, 0.25) is 0 Å². The monoisotopic (exact) mass is 349 g/mol. The summed E-state index contributed by atoms with van der Waals surface area (Å²) in [6.07, 6.45) is 1.56. The molecule has 0 aliphatic heterocycles. The second kappa shape index (κ2) is 8.25. The van der Waals surface area contributed by atoms with E-state index in [0.717, 1.165) is 11.1 Å². The molecule has 1 aromatic heterocycles. The maximum atomic E-state index is 13.7. The first-order valence-electron chi connectivity index (χ1n) is 8.39. The maximum absolute atomic E-state index is 13.7. The number of benzene rings is 2. The molecule has 2 aromatic carbocycles. The summed E-state index contributed by atoms with van der Waals surface area (Å²) >= 11 is 0. The highest BCUT2D eigenvalue weighted by molar-refractivity contribution is 5.93. The Hall–Kier alpha value is -3.21. The van der Waals surface area contributed by atoms with Gasteiger partial charge in [0, 0.05) is 30.5 Å². The number of nitrogens with zero attached hydrogens (tertiary/aromatic N) is 1. The van der Waals surface area contributed by atoms with Gasteiger partial charge in [0.1, 0.15) is 11.5 Å². The molecule has 1 heterocycles. The molecule has 0 atom stereocenters. The maximum Gasteiger partial charge on any atom is 0.270 e. The molecule has 132 valence electrons. The number of pyridine rings is 1. The molecule has 0 radical (unpaired) electrons. The van der Waals surface area contributed by atoms with Gasteiger partial charge in [-0.05, 0) is 36.2 Å². The molecule has 0 spiro atoms. The Morgan fingerprint density at radius 1 is 1.00 bits per heavy atom. The average molecular weight is 349 g/mol. The van der Waals surface area contributed by atoms with Gasteiger partial charge in [0.05, 0.1) is 0 Å². The molecule has 26 heavy (non-hydrogen) atoms. The molecule has 4 nitrogen and oxygen atoms in total. The summed E-state index contributed by atoms with van der Waals surface area (Å²) in [4.78, 5) is 16.5. The largest absolute Gasteiger partial charge is 0.381 e. The van der Waals surface area contributed by atoms with Crippen molar-refractivity contribution in [3.05, 3.63) is 95.1 Å². The third-order valence-electron chi connectivity index (χ3n) is 4.13. The molecule has 0 fully saturated rings. The van der Waals surface area contributed by atoms with Crippen molar-refractivity contribution in [1.82, 2.24) is 10.3 Å². The molecule has 5 heteroatoms. The first-order valence-corrected chi connectivity index (χ1v) is 8.39. The third-order valence-corrected chi connectivity index (χ3v) is 4.13. The molecule has 0 saturated carbocycles. The number of anilines is 1. The Kier molecular flexibility index (Phi) is 5.59. The molecule has 3 aromatic rings. The Bertz CT molecular complexity index is 911. The molecule has 0 aliphatic rings. The topological polar surface area (TPSA) is 54.0 Å². The molecular weight excluding hydrogens is 329 g/mol. The quantitative estimate of drug-likeness (QED) is 0.705. The van der Waals surface area contributed by atoms with E-state index in [1.54, 1.807) is 36.5 Å². The van der Waals surface area contributed by atoms with E-state index >= 15 is 0 Å². The Balaban J connectivity index is 1.62. The second-order valence-corrected chi connectivity index (χ2v) is 5.98. The number of rotatable bonds is 6.